The molecule has 2 aliphatic rings. The van der Waals surface area contributed by atoms with E-state index in [1.807, 2.05) is 37.5 Å². The third-order valence-electron chi connectivity index (χ3n) is 3.82. The molecule has 130 valence electrons. The third-order valence-corrected chi connectivity index (χ3v) is 4.29. The molecule has 2 aromatic rings. The molecule has 1 atom stereocenters. The average Bonchev–Trinajstić information content (AvgIpc) is 2.68. The summed E-state index contributed by atoms with van der Waals surface area (Å²) in [6.45, 7) is 0.314. The molecule has 0 amide bonds. The van der Waals surface area contributed by atoms with Crippen LogP contribution in [0.25, 0.3) is 11.0 Å². The van der Waals surface area contributed by atoms with Crippen molar-refractivity contribution >= 4 is 35.6 Å². The number of thiol groups is 1. The smallest absolute Gasteiger partial charge is 0.130 e. The van der Waals surface area contributed by atoms with Crippen LogP contribution in [0.4, 0.5) is 0 Å². The molecule has 0 N–H and O–H groups in total. The van der Waals surface area contributed by atoms with E-state index >= 15 is 0 Å². The van der Waals surface area contributed by atoms with Crippen molar-refractivity contribution in [2.45, 2.75) is 5.25 Å². The highest BCUT2D eigenvalue weighted by molar-refractivity contribution is 7.82. The Morgan fingerprint density at radius 3 is 2.88 bits per heavy atom. The quantitative estimate of drug-likeness (QED) is 0.667. The van der Waals surface area contributed by atoms with Crippen molar-refractivity contribution in [3.05, 3.63) is 60.5 Å². The molecule has 0 saturated carbocycles. The first-order valence-corrected chi connectivity index (χ1v) is 8.51. The van der Waals surface area contributed by atoms with Gasteiger partial charge in [-0.3, -0.25) is 15.0 Å². The summed E-state index contributed by atoms with van der Waals surface area (Å²) >= 11 is 4.55. The number of hydrogen-bond acceptors (Lipinski definition) is 8. The Hall–Kier alpha value is -3.09. The van der Waals surface area contributed by atoms with Crippen LogP contribution >= 0.6 is 12.6 Å². The van der Waals surface area contributed by atoms with Gasteiger partial charge < -0.3 is 4.74 Å². The van der Waals surface area contributed by atoms with Crippen LogP contribution in [0.1, 0.15) is 0 Å². The zero-order valence-electron chi connectivity index (χ0n) is 14.0. The van der Waals surface area contributed by atoms with E-state index in [9.17, 15) is 0 Å². The Morgan fingerprint density at radius 1 is 1.23 bits per heavy atom. The predicted octanol–water partition coefficient (Wildman–Crippen LogP) is 2.42. The van der Waals surface area contributed by atoms with E-state index in [-0.39, 0.29) is 5.25 Å². The molecule has 0 aliphatic carbocycles. The summed E-state index contributed by atoms with van der Waals surface area (Å²) in [5.74, 6) is 0.710. The molecular weight excluding hydrogens is 348 g/mol. The molecule has 1 aromatic heterocycles. The van der Waals surface area contributed by atoms with E-state index in [4.69, 9.17) is 4.74 Å². The zero-order valence-corrected chi connectivity index (χ0v) is 14.9. The Morgan fingerprint density at radius 2 is 2.08 bits per heavy atom. The van der Waals surface area contributed by atoms with Gasteiger partial charge in [0.05, 0.1) is 34.4 Å². The van der Waals surface area contributed by atoms with E-state index in [2.05, 4.69) is 38.5 Å². The summed E-state index contributed by atoms with van der Waals surface area (Å²) in [7, 11) is 1.84. The number of ether oxygens (including phenoxy) is 1. The molecule has 7 nitrogen and oxygen atoms in total. The summed E-state index contributed by atoms with van der Waals surface area (Å²) in [6, 6.07) is 5.62. The molecule has 4 rings (SSSR count). The second-order valence-corrected chi connectivity index (χ2v) is 6.25. The van der Waals surface area contributed by atoms with Crippen LogP contribution in [0.3, 0.4) is 0 Å². The molecule has 0 fully saturated rings. The summed E-state index contributed by atoms with van der Waals surface area (Å²) < 4.78 is 5.89. The van der Waals surface area contributed by atoms with Gasteiger partial charge in [-0.05, 0) is 18.2 Å². The third kappa shape index (κ3) is 3.46. The lowest BCUT2D eigenvalue weighted by atomic mass is 10.2. The Bertz CT molecular complexity index is 992. The molecule has 0 bridgehead atoms. The minimum atomic E-state index is -0.112. The lowest BCUT2D eigenvalue weighted by molar-refractivity contribution is 0.369. The van der Waals surface area contributed by atoms with E-state index in [1.165, 1.54) is 0 Å². The van der Waals surface area contributed by atoms with Crippen LogP contribution in [0, 0.1) is 0 Å². The fourth-order valence-electron chi connectivity index (χ4n) is 2.44. The summed E-state index contributed by atoms with van der Waals surface area (Å²) in [4.78, 5) is 8.54. The largest absolute Gasteiger partial charge is 0.487 e. The number of hydrogen-bond donors (Lipinski definition) is 1. The number of allylic oxidation sites excluding steroid dienone is 1. The van der Waals surface area contributed by atoms with E-state index in [0.717, 1.165) is 22.4 Å². The number of hydrazone groups is 2. The van der Waals surface area contributed by atoms with E-state index < -0.39 is 0 Å². The molecule has 1 unspecified atom stereocenters. The second kappa shape index (κ2) is 7.03. The first-order valence-electron chi connectivity index (χ1n) is 7.99. The van der Waals surface area contributed by atoms with Gasteiger partial charge in [-0.15, -0.1) is 0 Å². The Labute approximate surface area is 156 Å². The van der Waals surface area contributed by atoms with Gasteiger partial charge in [0.1, 0.15) is 18.1 Å². The maximum atomic E-state index is 5.89. The zero-order chi connectivity index (χ0) is 17.9. The van der Waals surface area contributed by atoms with E-state index in [0.29, 0.717) is 12.4 Å². The predicted molar refractivity (Wildman–Crippen MR) is 104 cm³/mol. The molecule has 3 heterocycles. The second-order valence-electron chi connectivity index (χ2n) is 5.69. The molecule has 2 aliphatic heterocycles. The molecule has 8 heteroatoms. The van der Waals surface area contributed by atoms with Gasteiger partial charge in [-0.2, -0.15) is 22.8 Å². The summed E-state index contributed by atoms with van der Waals surface area (Å²) in [6.07, 6.45) is 10.6. The number of fused-ring (bicyclic) bond motifs is 1. The minimum absolute atomic E-state index is 0.112. The monoisotopic (exact) mass is 364 g/mol. The van der Waals surface area contributed by atoms with Gasteiger partial charge in [0.2, 0.25) is 0 Å². The molecule has 0 spiro atoms. The highest BCUT2D eigenvalue weighted by Gasteiger charge is 2.18. The van der Waals surface area contributed by atoms with Crippen molar-refractivity contribution in [3.8, 4) is 5.75 Å². The Balaban J connectivity index is 1.50. The van der Waals surface area contributed by atoms with Crippen LogP contribution in [0.15, 0.2) is 70.7 Å². The van der Waals surface area contributed by atoms with Gasteiger partial charge in [-0.25, -0.2) is 5.01 Å². The fourth-order valence-corrected chi connectivity index (χ4v) is 2.65. The van der Waals surface area contributed by atoms with Crippen LogP contribution in [0.5, 0.6) is 5.75 Å². The van der Waals surface area contributed by atoms with Crippen molar-refractivity contribution in [1.82, 2.24) is 20.0 Å². The highest BCUT2D eigenvalue weighted by atomic mass is 32.1. The van der Waals surface area contributed by atoms with Gasteiger partial charge in [-0.1, -0.05) is 5.73 Å². The van der Waals surface area contributed by atoms with Crippen molar-refractivity contribution in [1.29, 1.82) is 0 Å². The average molecular weight is 364 g/mol. The Kier molecular flexibility index (Phi) is 4.43. The van der Waals surface area contributed by atoms with Gasteiger partial charge in [0.15, 0.2) is 0 Å². The van der Waals surface area contributed by atoms with Crippen LogP contribution in [-0.2, 0) is 0 Å². The van der Waals surface area contributed by atoms with Gasteiger partial charge in [0.25, 0.3) is 0 Å². The lowest BCUT2D eigenvalue weighted by Crippen LogP contribution is -2.29. The minimum Gasteiger partial charge on any atom is -0.487 e. The maximum absolute atomic E-state index is 5.89. The SMILES string of the molecule is CN1C=C=C(N2C=CC(S)C(COc3ccc4nccnc4c3)=N2)C=N1. The first-order chi connectivity index (χ1) is 12.7. The summed E-state index contributed by atoms with van der Waals surface area (Å²) in [5.41, 5.74) is 6.28. The molecule has 0 saturated heterocycles. The standard InChI is InChI=1S/C18H16N6OS/c1-23-8-4-13(11-21-23)24-9-5-18(26)17(22-24)12-25-14-2-3-15-16(10-14)20-7-6-19-15/h2-3,5-11,18,26H,12H2,1H3. The topological polar surface area (TPSA) is 66.2 Å². The van der Waals surface area contributed by atoms with Crippen molar-refractivity contribution < 1.29 is 4.74 Å². The van der Waals surface area contributed by atoms with Crippen molar-refractivity contribution in [2.24, 2.45) is 10.2 Å². The highest BCUT2D eigenvalue weighted by Crippen LogP contribution is 2.19. The molecular formula is C18H16N6OS. The molecule has 0 radical (unpaired) electrons. The van der Waals surface area contributed by atoms with Crippen molar-refractivity contribution in [2.75, 3.05) is 13.7 Å². The van der Waals surface area contributed by atoms with Gasteiger partial charge >= 0.3 is 0 Å². The van der Waals surface area contributed by atoms with Crippen LogP contribution < -0.4 is 4.74 Å². The molecule has 26 heavy (non-hydrogen) atoms. The fraction of sp³-hybridized carbons (Fsp3) is 0.167. The number of aromatic nitrogens is 2. The number of nitrogens with zero attached hydrogens (tertiary/aromatic N) is 6. The molecule has 1 aromatic carbocycles. The normalized spacial score (nSPS) is 18.9. The lowest BCUT2D eigenvalue weighted by Gasteiger charge is -2.24. The first kappa shape index (κ1) is 16.4. The summed E-state index contributed by atoms with van der Waals surface area (Å²) in [5, 5.41) is 12.1. The number of benzene rings is 1. The number of rotatable bonds is 4. The van der Waals surface area contributed by atoms with Crippen LogP contribution in [0.2, 0.25) is 0 Å². The van der Waals surface area contributed by atoms with Crippen molar-refractivity contribution in [3.63, 3.8) is 0 Å². The van der Waals surface area contributed by atoms with Gasteiger partial charge in [0, 0.05) is 31.7 Å². The van der Waals surface area contributed by atoms with Crippen LogP contribution in [-0.4, -0.2) is 50.8 Å². The maximum Gasteiger partial charge on any atom is 0.130 e. The van der Waals surface area contributed by atoms with E-state index in [1.54, 1.807) is 34.8 Å².